The molecule has 0 bridgehead atoms. The van der Waals surface area contributed by atoms with Crippen molar-refractivity contribution in [1.82, 2.24) is 9.80 Å². The van der Waals surface area contributed by atoms with Gasteiger partial charge in [0.2, 0.25) is 5.91 Å². The Labute approximate surface area is 229 Å². The summed E-state index contributed by atoms with van der Waals surface area (Å²) in [5, 5.41) is 10.3. The molecule has 5 nitrogen and oxygen atoms in total. The van der Waals surface area contributed by atoms with Gasteiger partial charge in [0.1, 0.15) is 6.54 Å². The van der Waals surface area contributed by atoms with E-state index in [0.717, 1.165) is 36.3 Å². The van der Waals surface area contributed by atoms with Crippen LogP contribution >= 0.6 is 23.2 Å². The number of halogens is 2. The highest BCUT2D eigenvalue weighted by Gasteiger charge is 2.37. The van der Waals surface area contributed by atoms with Gasteiger partial charge < -0.3 is 14.7 Å². The summed E-state index contributed by atoms with van der Waals surface area (Å²) in [6.07, 6.45) is 2.35. The highest BCUT2D eigenvalue weighted by molar-refractivity contribution is 6.42. The van der Waals surface area contributed by atoms with Crippen LogP contribution in [0.5, 0.6) is 0 Å². The molecule has 1 atom stereocenters. The summed E-state index contributed by atoms with van der Waals surface area (Å²) in [6, 6.07) is 26.1. The number of rotatable bonds is 9. The third kappa shape index (κ3) is 6.27. The molecule has 1 fully saturated rings. The van der Waals surface area contributed by atoms with E-state index >= 15 is 0 Å². The van der Waals surface area contributed by atoms with Gasteiger partial charge in [0.25, 0.3) is 0 Å². The van der Waals surface area contributed by atoms with Crippen molar-refractivity contribution < 1.29 is 4.79 Å². The lowest BCUT2D eigenvalue weighted by Gasteiger charge is -2.43. The first-order chi connectivity index (χ1) is 17.8. The molecule has 1 saturated heterocycles. The van der Waals surface area contributed by atoms with Crippen LogP contribution in [0.15, 0.2) is 72.8 Å². The quantitative estimate of drug-likeness (QED) is 0.295. The maximum Gasteiger partial charge on any atom is 0.242 e. The largest absolute Gasteiger partial charge is 0.349 e. The molecule has 192 valence electrons. The maximum atomic E-state index is 13.7. The molecule has 0 N–H and O–H groups in total. The molecule has 1 aliphatic heterocycles. The van der Waals surface area contributed by atoms with Gasteiger partial charge in [-0.25, -0.2) is 0 Å². The van der Waals surface area contributed by atoms with Crippen LogP contribution in [0.4, 0.5) is 5.69 Å². The van der Waals surface area contributed by atoms with Crippen molar-refractivity contribution in [2.45, 2.75) is 25.3 Å². The number of carbonyl (C=O) groups excluding carboxylic acids is 1. The smallest absolute Gasteiger partial charge is 0.242 e. The minimum atomic E-state index is -0.549. The molecule has 1 unspecified atom stereocenters. The van der Waals surface area contributed by atoms with Crippen LogP contribution in [0, 0.1) is 11.3 Å². The number of nitriles is 1. The lowest BCUT2D eigenvalue weighted by atomic mass is 9.88. The second-order valence-corrected chi connectivity index (χ2v) is 10.6. The summed E-state index contributed by atoms with van der Waals surface area (Å²) in [4.78, 5) is 19.7. The fraction of sp³-hybridized carbons (Fsp3) is 0.333. The van der Waals surface area contributed by atoms with E-state index in [-0.39, 0.29) is 19.0 Å². The molecule has 0 spiro atoms. The fourth-order valence-electron chi connectivity index (χ4n) is 4.97. The zero-order chi connectivity index (χ0) is 26.4. The molecule has 1 aliphatic rings. The van der Waals surface area contributed by atoms with Gasteiger partial charge in [-0.3, -0.25) is 4.79 Å². The average molecular weight is 536 g/mol. The van der Waals surface area contributed by atoms with E-state index in [1.165, 1.54) is 12.8 Å². The predicted octanol–water partition coefficient (Wildman–Crippen LogP) is 6.46. The maximum absolute atomic E-state index is 13.7. The number of nitrogens with zero attached hydrogens (tertiary/aromatic N) is 4. The van der Waals surface area contributed by atoms with Gasteiger partial charge in [-0.2, -0.15) is 5.26 Å². The summed E-state index contributed by atoms with van der Waals surface area (Å²) >= 11 is 12.3. The third-order valence-corrected chi connectivity index (χ3v) is 8.05. The summed E-state index contributed by atoms with van der Waals surface area (Å²) in [6.45, 7) is 5.05. The minimum absolute atomic E-state index is 0.0553. The Morgan fingerprint density at radius 3 is 2.24 bits per heavy atom. The van der Waals surface area contributed by atoms with Gasteiger partial charge in [0.05, 0.1) is 28.2 Å². The van der Waals surface area contributed by atoms with Crippen LogP contribution in [0.3, 0.4) is 0 Å². The van der Waals surface area contributed by atoms with Crippen LogP contribution < -0.4 is 4.90 Å². The Balaban J connectivity index is 1.61. The Bertz CT molecular complexity index is 1250. The molecule has 4 rings (SSSR count). The van der Waals surface area contributed by atoms with Crippen LogP contribution in [0.25, 0.3) is 11.1 Å². The molecule has 1 heterocycles. The van der Waals surface area contributed by atoms with Crippen molar-refractivity contribution in [3.05, 3.63) is 88.4 Å². The second kappa shape index (κ2) is 12.0. The number of hydrogen-bond donors (Lipinski definition) is 0. The first kappa shape index (κ1) is 27.0. The third-order valence-electron chi connectivity index (χ3n) is 7.31. The van der Waals surface area contributed by atoms with Crippen molar-refractivity contribution in [1.29, 1.82) is 5.26 Å². The number of amides is 1. The molecule has 0 aromatic heterocycles. The number of anilines is 1. The SMILES string of the molecule is CN(C(=O)CN(CC#N)c1ccc(Cl)c(Cl)c1)C(C)(CN1CCCC1)c1ccc(-c2ccccc2)cc1. The first-order valence-corrected chi connectivity index (χ1v) is 13.3. The van der Waals surface area contributed by atoms with E-state index in [1.807, 2.05) is 30.1 Å². The van der Waals surface area contributed by atoms with Gasteiger partial charge in [-0.1, -0.05) is 77.8 Å². The van der Waals surface area contributed by atoms with E-state index < -0.39 is 5.54 Å². The monoisotopic (exact) mass is 534 g/mol. The van der Waals surface area contributed by atoms with Crippen LogP contribution in [-0.2, 0) is 10.3 Å². The lowest BCUT2D eigenvalue weighted by Crippen LogP contribution is -2.54. The Morgan fingerprint density at radius 2 is 1.62 bits per heavy atom. The van der Waals surface area contributed by atoms with Gasteiger partial charge in [0, 0.05) is 19.3 Å². The van der Waals surface area contributed by atoms with E-state index in [2.05, 4.69) is 54.3 Å². The number of hydrogen-bond acceptors (Lipinski definition) is 4. The van der Waals surface area contributed by atoms with Gasteiger partial charge >= 0.3 is 0 Å². The predicted molar refractivity (Wildman–Crippen MR) is 152 cm³/mol. The van der Waals surface area contributed by atoms with Crippen LogP contribution in [0.2, 0.25) is 10.0 Å². The summed E-state index contributed by atoms with van der Waals surface area (Å²) in [5.74, 6) is -0.0739. The van der Waals surface area contributed by atoms with Crippen LogP contribution in [-0.4, -0.2) is 55.5 Å². The molecule has 1 amide bonds. The Morgan fingerprint density at radius 1 is 0.973 bits per heavy atom. The average Bonchev–Trinajstić information content (AvgIpc) is 3.43. The molecule has 7 heteroatoms. The number of likely N-dealkylation sites (tertiary alicyclic amines) is 1. The molecule has 0 aliphatic carbocycles. The highest BCUT2D eigenvalue weighted by atomic mass is 35.5. The van der Waals surface area contributed by atoms with E-state index in [0.29, 0.717) is 15.7 Å². The van der Waals surface area contributed by atoms with Crippen molar-refractivity contribution in [3.63, 3.8) is 0 Å². The second-order valence-electron chi connectivity index (χ2n) is 9.77. The number of benzene rings is 3. The fourth-order valence-corrected chi connectivity index (χ4v) is 5.26. The topological polar surface area (TPSA) is 50.6 Å². The van der Waals surface area contributed by atoms with Crippen molar-refractivity contribution >= 4 is 34.8 Å². The van der Waals surface area contributed by atoms with E-state index in [4.69, 9.17) is 23.2 Å². The van der Waals surface area contributed by atoms with E-state index in [9.17, 15) is 10.1 Å². The molecular weight excluding hydrogens is 503 g/mol. The van der Waals surface area contributed by atoms with Crippen molar-refractivity contribution in [2.24, 2.45) is 0 Å². The van der Waals surface area contributed by atoms with Gasteiger partial charge in [-0.15, -0.1) is 0 Å². The molecule has 3 aromatic rings. The lowest BCUT2D eigenvalue weighted by molar-refractivity contribution is -0.134. The summed E-state index contributed by atoms with van der Waals surface area (Å²) in [7, 11) is 1.86. The summed E-state index contributed by atoms with van der Waals surface area (Å²) in [5.41, 5.74) is 3.52. The van der Waals surface area contributed by atoms with Gasteiger partial charge in [-0.05, 0) is 67.7 Å². The standard InChI is InChI=1S/C30H32Cl2N4O/c1-30(22-35-17-6-7-18-35,25-12-10-24(11-13-25)23-8-4-3-5-9-23)34(2)29(37)21-36(19-16-33)26-14-15-27(31)28(32)20-26/h3-5,8-15,20H,6-7,17-19,21-22H2,1-2H3. The zero-order valence-electron chi connectivity index (χ0n) is 21.3. The Hall–Kier alpha value is -3.04. The molecule has 3 aromatic carbocycles. The van der Waals surface area contributed by atoms with Crippen LogP contribution in [0.1, 0.15) is 25.3 Å². The molecule has 0 saturated carbocycles. The van der Waals surface area contributed by atoms with E-state index in [1.54, 1.807) is 23.1 Å². The normalized spacial score (nSPS) is 15.1. The highest BCUT2D eigenvalue weighted by Crippen LogP contribution is 2.33. The minimum Gasteiger partial charge on any atom is -0.349 e. The molecule has 37 heavy (non-hydrogen) atoms. The van der Waals surface area contributed by atoms with Crippen molar-refractivity contribution in [3.8, 4) is 17.2 Å². The summed E-state index contributed by atoms with van der Waals surface area (Å²) < 4.78 is 0. The molecule has 0 radical (unpaired) electrons. The van der Waals surface area contributed by atoms with Crippen molar-refractivity contribution in [2.75, 3.05) is 44.7 Å². The number of carbonyl (C=O) groups is 1. The van der Waals surface area contributed by atoms with Gasteiger partial charge in [0.15, 0.2) is 0 Å². The first-order valence-electron chi connectivity index (χ1n) is 12.5. The molecular formula is C30H32Cl2N4O. The Kier molecular flexibility index (Phi) is 8.76. The zero-order valence-corrected chi connectivity index (χ0v) is 22.8. The number of likely N-dealkylation sites (N-methyl/N-ethyl adjacent to an activating group) is 1.